The smallest absolute Gasteiger partial charge is 0.207 e. The Bertz CT molecular complexity index is 1010. The molecule has 0 unspecified atom stereocenters. The van der Waals surface area contributed by atoms with Crippen LogP contribution in [0.3, 0.4) is 0 Å². The van der Waals surface area contributed by atoms with E-state index in [0.29, 0.717) is 0 Å². The average Bonchev–Trinajstić information content (AvgIpc) is 2.66. The molecule has 140 valence electrons. The fourth-order valence-electron chi connectivity index (χ4n) is 2.62. The molecule has 0 spiro atoms. The summed E-state index contributed by atoms with van der Waals surface area (Å²) in [5, 5.41) is 0.194. The van der Waals surface area contributed by atoms with Crippen LogP contribution in [0.2, 0.25) is 5.02 Å². The van der Waals surface area contributed by atoms with Crippen LogP contribution in [0.1, 0.15) is 11.1 Å². The van der Waals surface area contributed by atoms with Gasteiger partial charge >= 0.3 is 0 Å². The van der Waals surface area contributed by atoms with E-state index in [4.69, 9.17) is 11.6 Å². The van der Waals surface area contributed by atoms with Gasteiger partial charge in [-0.3, -0.25) is 0 Å². The number of hydrogen-bond acceptors (Lipinski definition) is 2. The molecule has 0 fully saturated rings. The molecule has 0 aliphatic carbocycles. The minimum atomic E-state index is -3.84. The van der Waals surface area contributed by atoms with E-state index in [2.05, 4.69) is 15.9 Å². The van der Waals surface area contributed by atoms with Gasteiger partial charge < -0.3 is 0 Å². The van der Waals surface area contributed by atoms with Crippen LogP contribution in [0.5, 0.6) is 0 Å². The summed E-state index contributed by atoms with van der Waals surface area (Å²) in [4.78, 5) is 0.148. The van der Waals surface area contributed by atoms with Gasteiger partial charge in [-0.05, 0) is 42.0 Å². The van der Waals surface area contributed by atoms with Crippen LogP contribution < -0.4 is 0 Å². The number of hydrogen-bond donors (Lipinski definition) is 0. The summed E-state index contributed by atoms with van der Waals surface area (Å²) in [6, 6.07) is 19.7. The molecule has 0 atom stereocenters. The second-order valence-electron chi connectivity index (χ2n) is 5.91. The fourth-order valence-corrected chi connectivity index (χ4v) is 4.52. The van der Waals surface area contributed by atoms with E-state index in [1.54, 1.807) is 24.3 Å². The fraction of sp³-hybridized carbons (Fsp3) is 0.100. The zero-order chi connectivity index (χ0) is 19.4. The third kappa shape index (κ3) is 4.76. The molecule has 0 heterocycles. The van der Waals surface area contributed by atoms with Crippen LogP contribution in [0.4, 0.5) is 4.39 Å². The summed E-state index contributed by atoms with van der Waals surface area (Å²) < 4.78 is 42.8. The van der Waals surface area contributed by atoms with Crippen molar-refractivity contribution in [3.8, 4) is 0 Å². The molecule has 3 aromatic rings. The predicted octanol–water partition coefficient (Wildman–Crippen LogP) is 5.63. The second-order valence-corrected chi connectivity index (χ2v) is 9.17. The van der Waals surface area contributed by atoms with Gasteiger partial charge in [0.05, 0.1) is 4.90 Å². The minimum Gasteiger partial charge on any atom is -0.207 e. The summed E-state index contributed by atoms with van der Waals surface area (Å²) in [6.45, 7) is -0.0754. The van der Waals surface area contributed by atoms with Crippen molar-refractivity contribution in [2.24, 2.45) is 0 Å². The van der Waals surface area contributed by atoms with Crippen molar-refractivity contribution in [3.63, 3.8) is 0 Å². The summed E-state index contributed by atoms with van der Waals surface area (Å²) >= 11 is 9.49. The van der Waals surface area contributed by atoms with Crippen molar-refractivity contribution in [3.05, 3.63) is 99.2 Å². The number of nitrogens with zero attached hydrogens (tertiary/aromatic N) is 1. The van der Waals surface area contributed by atoms with Crippen molar-refractivity contribution in [1.29, 1.82) is 0 Å². The van der Waals surface area contributed by atoms with E-state index >= 15 is 0 Å². The van der Waals surface area contributed by atoms with Gasteiger partial charge in [-0.15, -0.1) is 0 Å². The molecule has 3 nitrogen and oxygen atoms in total. The highest BCUT2D eigenvalue weighted by atomic mass is 79.9. The van der Waals surface area contributed by atoms with Crippen LogP contribution in [0, 0.1) is 5.82 Å². The quantitative estimate of drug-likeness (QED) is 0.470. The lowest BCUT2D eigenvalue weighted by atomic mass is 10.2. The molecule has 3 aromatic carbocycles. The first-order chi connectivity index (χ1) is 12.9. The highest BCUT2D eigenvalue weighted by Crippen LogP contribution is 2.26. The van der Waals surface area contributed by atoms with Gasteiger partial charge in [-0.25, -0.2) is 12.8 Å². The number of halogens is 3. The average molecular weight is 469 g/mol. The number of benzene rings is 3. The summed E-state index contributed by atoms with van der Waals surface area (Å²) in [7, 11) is -3.84. The Labute approximate surface area is 171 Å². The standard InChI is InChI=1S/C20H16BrClFNO2S/c21-16-11-9-15(10-12-16)13-24(14-18-19(22)7-4-8-20(18)23)27(25,26)17-5-2-1-3-6-17/h1-12H,13-14H2. The molecule has 0 saturated carbocycles. The maximum absolute atomic E-state index is 14.3. The van der Waals surface area contributed by atoms with E-state index in [9.17, 15) is 12.8 Å². The Hall–Kier alpha value is -1.73. The van der Waals surface area contributed by atoms with Crippen molar-refractivity contribution in [1.82, 2.24) is 4.31 Å². The second kappa shape index (κ2) is 8.52. The Morgan fingerprint density at radius 3 is 2.19 bits per heavy atom. The molecular weight excluding hydrogens is 453 g/mol. The molecular formula is C20H16BrClFNO2S. The Morgan fingerprint density at radius 2 is 1.56 bits per heavy atom. The van der Waals surface area contributed by atoms with Crippen LogP contribution in [-0.4, -0.2) is 12.7 Å². The molecule has 27 heavy (non-hydrogen) atoms. The lowest BCUT2D eigenvalue weighted by Gasteiger charge is -2.23. The SMILES string of the molecule is O=S(=O)(c1ccccc1)N(Cc1ccc(Br)cc1)Cc1c(F)cccc1Cl. The maximum Gasteiger partial charge on any atom is 0.243 e. The maximum atomic E-state index is 14.3. The summed E-state index contributed by atoms with van der Waals surface area (Å²) in [5.74, 6) is -0.536. The monoisotopic (exact) mass is 467 g/mol. The largest absolute Gasteiger partial charge is 0.243 e. The van der Waals surface area contributed by atoms with E-state index in [1.165, 1.54) is 28.6 Å². The zero-order valence-corrected chi connectivity index (χ0v) is 17.3. The topological polar surface area (TPSA) is 37.4 Å². The normalized spacial score (nSPS) is 11.7. The first kappa shape index (κ1) is 20.0. The van der Waals surface area contributed by atoms with Gasteiger partial charge in [0.2, 0.25) is 10.0 Å². The molecule has 3 rings (SSSR count). The van der Waals surface area contributed by atoms with Crippen LogP contribution >= 0.6 is 27.5 Å². The highest BCUT2D eigenvalue weighted by molar-refractivity contribution is 9.10. The Morgan fingerprint density at radius 1 is 0.889 bits per heavy atom. The Kier molecular flexibility index (Phi) is 6.32. The number of sulfonamides is 1. The minimum absolute atomic E-state index is 0.0924. The molecule has 7 heteroatoms. The molecule has 0 aliphatic heterocycles. The molecule has 0 aromatic heterocycles. The van der Waals surface area contributed by atoms with Crippen molar-refractivity contribution in [2.45, 2.75) is 18.0 Å². The zero-order valence-electron chi connectivity index (χ0n) is 14.1. The molecule has 0 aliphatic rings. The first-order valence-corrected chi connectivity index (χ1v) is 10.7. The van der Waals surface area contributed by atoms with E-state index in [0.717, 1.165) is 10.0 Å². The van der Waals surface area contributed by atoms with Crippen LogP contribution in [0.25, 0.3) is 0 Å². The molecule has 0 N–H and O–H groups in total. The van der Waals surface area contributed by atoms with Gasteiger partial charge in [0, 0.05) is 28.1 Å². The van der Waals surface area contributed by atoms with Gasteiger partial charge in [-0.2, -0.15) is 4.31 Å². The third-order valence-corrected chi connectivity index (χ3v) is 6.74. The van der Waals surface area contributed by atoms with Crippen molar-refractivity contribution in [2.75, 3.05) is 0 Å². The van der Waals surface area contributed by atoms with Gasteiger partial charge in [0.15, 0.2) is 0 Å². The van der Waals surface area contributed by atoms with Crippen molar-refractivity contribution < 1.29 is 12.8 Å². The van der Waals surface area contributed by atoms with E-state index in [-0.39, 0.29) is 28.6 Å². The van der Waals surface area contributed by atoms with E-state index in [1.807, 2.05) is 24.3 Å². The predicted molar refractivity (Wildman–Crippen MR) is 108 cm³/mol. The molecule has 0 radical (unpaired) electrons. The molecule has 0 amide bonds. The van der Waals surface area contributed by atoms with Gasteiger partial charge in [-0.1, -0.05) is 63.9 Å². The summed E-state index contributed by atoms with van der Waals surface area (Å²) in [5.41, 5.74) is 0.931. The lowest BCUT2D eigenvalue weighted by molar-refractivity contribution is 0.394. The van der Waals surface area contributed by atoms with Gasteiger partial charge in [0.25, 0.3) is 0 Å². The van der Waals surface area contributed by atoms with Crippen molar-refractivity contribution >= 4 is 37.6 Å². The van der Waals surface area contributed by atoms with Crippen LogP contribution in [0.15, 0.2) is 82.2 Å². The highest BCUT2D eigenvalue weighted by Gasteiger charge is 2.26. The van der Waals surface area contributed by atoms with Gasteiger partial charge in [0.1, 0.15) is 5.82 Å². The first-order valence-electron chi connectivity index (χ1n) is 8.10. The summed E-state index contributed by atoms with van der Waals surface area (Å²) in [6.07, 6.45) is 0. The van der Waals surface area contributed by atoms with Crippen LogP contribution in [-0.2, 0) is 23.1 Å². The molecule has 0 saturated heterocycles. The lowest BCUT2D eigenvalue weighted by Crippen LogP contribution is -2.30. The van der Waals surface area contributed by atoms with E-state index < -0.39 is 15.8 Å². The number of rotatable bonds is 6. The Balaban J connectivity index is 2.02. The third-order valence-electron chi connectivity index (χ3n) is 4.05. The molecule has 0 bridgehead atoms.